The number of fused-ring (bicyclic) bond motifs is 1. The number of rotatable bonds is 1. The molecule has 1 saturated carbocycles. The average Bonchev–Trinajstić information content (AvgIpc) is 2.93. The topological polar surface area (TPSA) is 30.0 Å². The third kappa shape index (κ3) is 1.09. The van der Waals surface area contributed by atoms with E-state index in [1.807, 2.05) is 12.1 Å². The molecule has 2 nitrogen and oxygen atoms in total. The molecule has 0 bridgehead atoms. The summed E-state index contributed by atoms with van der Waals surface area (Å²) in [5, 5.41) is 0. The summed E-state index contributed by atoms with van der Waals surface area (Å²) in [6.45, 7) is 0. The van der Waals surface area contributed by atoms with Gasteiger partial charge in [0.2, 0.25) is 0 Å². The van der Waals surface area contributed by atoms with E-state index in [0.717, 1.165) is 17.7 Å². The highest BCUT2D eigenvalue weighted by Crippen LogP contribution is 2.39. The zero-order valence-electron chi connectivity index (χ0n) is 7.42. The van der Waals surface area contributed by atoms with Gasteiger partial charge < -0.3 is 0 Å². The first-order valence-corrected chi connectivity index (χ1v) is 4.87. The van der Waals surface area contributed by atoms with Crippen LogP contribution in [0.3, 0.4) is 0 Å². The molecule has 1 heterocycles. The zero-order valence-corrected chi connectivity index (χ0v) is 7.42. The number of ketones is 1. The third-order valence-corrected chi connectivity index (χ3v) is 2.88. The number of aromatic nitrogens is 1. The SMILES string of the molecule is O=C1CCc2nc(C3CC3)ccc21. The maximum atomic E-state index is 11.3. The minimum Gasteiger partial charge on any atom is -0.294 e. The molecule has 0 aliphatic heterocycles. The Morgan fingerprint density at radius 2 is 2.08 bits per heavy atom. The van der Waals surface area contributed by atoms with Crippen LogP contribution in [0.5, 0.6) is 0 Å². The molecule has 0 spiro atoms. The maximum absolute atomic E-state index is 11.3. The van der Waals surface area contributed by atoms with Gasteiger partial charge in [0.25, 0.3) is 0 Å². The summed E-state index contributed by atoms with van der Waals surface area (Å²) in [6, 6.07) is 3.99. The molecule has 0 atom stereocenters. The molecule has 66 valence electrons. The molecule has 0 aromatic carbocycles. The van der Waals surface area contributed by atoms with E-state index < -0.39 is 0 Å². The molecule has 13 heavy (non-hydrogen) atoms. The highest BCUT2D eigenvalue weighted by atomic mass is 16.1. The fourth-order valence-corrected chi connectivity index (χ4v) is 1.94. The molecule has 1 aromatic heterocycles. The van der Waals surface area contributed by atoms with Crippen molar-refractivity contribution in [2.45, 2.75) is 31.6 Å². The van der Waals surface area contributed by atoms with Gasteiger partial charge in [0.1, 0.15) is 0 Å². The van der Waals surface area contributed by atoms with Crippen molar-refractivity contribution in [3.63, 3.8) is 0 Å². The number of nitrogens with zero attached hydrogens (tertiary/aromatic N) is 1. The summed E-state index contributed by atoms with van der Waals surface area (Å²) in [4.78, 5) is 15.9. The van der Waals surface area contributed by atoms with Gasteiger partial charge in [-0.05, 0) is 31.4 Å². The number of carbonyl (C=O) groups excluding carboxylic acids is 1. The number of pyridine rings is 1. The molecule has 1 aromatic rings. The normalized spacial score (nSPS) is 20.5. The number of hydrogen-bond donors (Lipinski definition) is 0. The standard InChI is InChI=1S/C11H11NO/c13-11-6-5-10-8(11)3-4-9(12-10)7-1-2-7/h3-4,7H,1-2,5-6H2. The van der Waals surface area contributed by atoms with Crippen LogP contribution in [0.1, 0.15) is 46.9 Å². The number of hydrogen-bond acceptors (Lipinski definition) is 2. The number of Topliss-reactive ketones (excluding diaryl/α,β-unsaturated/α-hetero) is 1. The second-order valence-corrected chi connectivity index (χ2v) is 3.93. The van der Waals surface area contributed by atoms with Crippen molar-refractivity contribution < 1.29 is 4.79 Å². The second-order valence-electron chi connectivity index (χ2n) is 3.93. The lowest BCUT2D eigenvalue weighted by Crippen LogP contribution is -1.95. The van der Waals surface area contributed by atoms with Crippen molar-refractivity contribution in [2.75, 3.05) is 0 Å². The molecule has 1 fully saturated rings. The Kier molecular flexibility index (Phi) is 1.34. The highest BCUT2D eigenvalue weighted by molar-refractivity contribution is 5.99. The van der Waals surface area contributed by atoms with E-state index in [2.05, 4.69) is 4.98 Å². The van der Waals surface area contributed by atoms with Crippen LogP contribution in [0.4, 0.5) is 0 Å². The summed E-state index contributed by atoms with van der Waals surface area (Å²) in [5.41, 5.74) is 3.10. The van der Waals surface area contributed by atoms with E-state index in [1.54, 1.807) is 0 Å². The second kappa shape index (κ2) is 2.41. The summed E-state index contributed by atoms with van der Waals surface area (Å²) in [7, 11) is 0. The minimum absolute atomic E-state index is 0.268. The first kappa shape index (κ1) is 7.25. The van der Waals surface area contributed by atoms with Crippen LogP contribution in [0.15, 0.2) is 12.1 Å². The molecule has 2 aliphatic rings. The van der Waals surface area contributed by atoms with Crippen molar-refractivity contribution in [1.82, 2.24) is 4.98 Å². The molecule has 2 aliphatic carbocycles. The van der Waals surface area contributed by atoms with Crippen LogP contribution in [0.2, 0.25) is 0 Å². The Hall–Kier alpha value is -1.18. The van der Waals surface area contributed by atoms with Crippen LogP contribution in [-0.2, 0) is 6.42 Å². The third-order valence-electron chi connectivity index (χ3n) is 2.88. The highest BCUT2D eigenvalue weighted by Gasteiger charge is 2.27. The van der Waals surface area contributed by atoms with Gasteiger partial charge in [0.15, 0.2) is 5.78 Å². The predicted octanol–water partition coefficient (Wildman–Crippen LogP) is 2.09. The lowest BCUT2D eigenvalue weighted by Gasteiger charge is -2.00. The van der Waals surface area contributed by atoms with Crippen LogP contribution in [0.25, 0.3) is 0 Å². The first-order valence-electron chi connectivity index (χ1n) is 4.87. The van der Waals surface area contributed by atoms with Crippen molar-refractivity contribution in [1.29, 1.82) is 0 Å². The van der Waals surface area contributed by atoms with Gasteiger partial charge in [-0.1, -0.05) is 0 Å². The maximum Gasteiger partial charge on any atom is 0.165 e. The fraction of sp³-hybridized carbons (Fsp3) is 0.455. The number of aryl methyl sites for hydroxylation is 1. The Balaban J connectivity index is 2.07. The van der Waals surface area contributed by atoms with E-state index in [-0.39, 0.29) is 5.78 Å². The number of carbonyl (C=O) groups is 1. The molecule has 0 N–H and O–H groups in total. The molecule has 0 radical (unpaired) electrons. The van der Waals surface area contributed by atoms with Crippen LogP contribution < -0.4 is 0 Å². The van der Waals surface area contributed by atoms with Gasteiger partial charge >= 0.3 is 0 Å². The van der Waals surface area contributed by atoms with E-state index in [9.17, 15) is 4.79 Å². The Morgan fingerprint density at radius 1 is 1.23 bits per heavy atom. The smallest absolute Gasteiger partial charge is 0.165 e. The minimum atomic E-state index is 0.268. The average molecular weight is 173 g/mol. The Bertz CT molecular complexity index is 380. The molecule has 3 rings (SSSR count). The van der Waals surface area contributed by atoms with Gasteiger partial charge in [0.05, 0.1) is 5.69 Å². The van der Waals surface area contributed by atoms with Gasteiger partial charge in [-0.2, -0.15) is 0 Å². The van der Waals surface area contributed by atoms with Gasteiger partial charge in [-0.25, -0.2) is 0 Å². The Morgan fingerprint density at radius 3 is 2.85 bits per heavy atom. The molecular weight excluding hydrogens is 162 g/mol. The summed E-state index contributed by atoms with van der Waals surface area (Å²) in [5.74, 6) is 0.964. The van der Waals surface area contributed by atoms with Crippen molar-refractivity contribution >= 4 is 5.78 Å². The van der Waals surface area contributed by atoms with Crippen LogP contribution in [-0.4, -0.2) is 10.8 Å². The lowest BCUT2D eigenvalue weighted by molar-refractivity contribution is 0.0994. The summed E-state index contributed by atoms with van der Waals surface area (Å²) in [6.07, 6.45) is 4.07. The zero-order chi connectivity index (χ0) is 8.84. The van der Waals surface area contributed by atoms with Crippen molar-refractivity contribution in [3.05, 3.63) is 29.1 Å². The molecule has 0 amide bonds. The first-order chi connectivity index (χ1) is 6.34. The summed E-state index contributed by atoms with van der Waals surface area (Å²) >= 11 is 0. The van der Waals surface area contributed by atoms with Gasteiger partial charge in [-0.3, -0.25) is 9.78 Å². The van der Waals surface area contributed by atoms with Crippen molar-refractivity contribution in [2.24, 2.45) is 0 Å². The van der Waals surface area contributed by atoms with E-state index in [1.165, 1.54) is 18.5 Å². The Labute approximate surface area is 77.0 Å². The monoisotopic (exact) mass is 173 g/mol. The fourth-order valence-electron chi connectivity index (χ4n) is 1.94. The lowest BCUT2D eigenvalue weighted by atomic mass is 10.1. The van der Waals surface area contributed by atoms with Crippen molar-refractivity contribution in [3.8, 4) is 0 Å². The quantitative estimate of drug-likeness (QED) is 0.650. The van der Waals surface area contributed by atoms with Crippen LogP contribution >= 0.6 is 0 Å². The molecule has 0 saturated heterocycles. The largest absolute Gasteiger partial charge is 0.294 e. The van der Waals surface area contributed by atoms with Gasteiger partial charge in [-0.15, -0.1) is 0 Å². The predicted molar refractivity (Wildman–Crippen MR) is 48.9 cm³/mol. The summed E-state index contributed by atoms with van der Waals surface area (Å²) < 4.78 is 0. The van der Waals surface area contributed by atoms with Crippen LogP contribution in [0, 0.1) is 0 Å². The van der Waals surface area contributed by atoms with E-state index >= 15 is 0 Å². The van der Waals surface area contributed by atoms with E-state index in [0.29, 0.717) is 12.3 Å². The van der Waals surface area contributed by atoms with E-state index in [4.69, 9.17) is 0 Å². The molecular formula is C11H11NO. The molecule has 0 unspecified atom stereocenters. The molecule has 2 heteroatoms. The van der Waals surface area contributed by atoms with Gasteiger partial charge in [0, 0.05) is 23.6 Å².